The Hall–Kier alpha value is -2.82. The van der Waals surface area contributed by atoms with Crippen LogP contribution in [0.5, 0.6) is 5.75 Å². The maximum Gasteiger partial charge on any atom is 0.269 e. The van der Waals surface area contributed by atoms with E-state index in [4.69, 9.17) is 28.4 Å². The van der Waals surface area contributed by atoms with Crippen molar-refractivity contribution in [1.82, 2.24) is 5.32 Å². The molecule has 7 atom stereocenters. The number of rotatable bonds is 7. The lowest BCUT2D eigenvalue weighted by molar-refractivity contribution is -0.469. The topological polar surface area (TPSA) is 151 Å². The molecule has 12 heteroatoms. The second-order valence-corrected chi connectivity index (χ2v) is 7.96. The fraction of sp³-hybridized carbons (Fsp3) is 0.619. The van der Waals surface area contributed by atoms with Gasteiger partial charge in [-0.25, -0.2) is 0 Å². The first kappa shape index (κ1) is 24.8. The number of hydrogen-bond acceptors (Lipinski definition) is 10. The van der Waals surface area contributed by atoms with Gasteiger partial charge in [-0.3, -0.25) is 14.9 Å². The fourth-order valence-electron chi connectivity index (χ4n) is 3.91. The van der Waals surface area contributed by atoms with E-state index in [1.165, 1.54) is 45.4 Å². The highest BCUT2D eigenvalue weighted by atomic mass is 16.8. The molecule has 180 valence electrons. The minimum Gasteiger partial charge on any atom is -0.463 e. The molecule has 0 bridgehead atoms. The van der Waals surface area contributed by atoms with Gasteiger partial charge in [0.2, 0.25) is 23.8 Å². The Morgan fingerprint density at radius 3 is 2.24 bits per heavy atom. The zero-order chi connectivity index (χ0) is 24.4. The monoisotopic (exact) mass is 465 g/mol. The first-order valence-electron chi connectivity index (χ1n) is 10.2. The number of nitro groups is 1. The number of nitrogens with one attached hydrogen (secondary N) is 1. The van der Waals surface area contributed by atoms with Gasteiger partial charge >= 0.3 is 0 Å². The van der Waals surface area contributed by atoms with Gasteiger partial charge in [0, 0.05) is 33.3 Å². The Morgan fingerprint density at radius 2 is 1.76 bits per heavy atom. The first-order chi connectivity index (χ1) is 15.6. The van der Waals surface area contributed by atoms with Gasteiger partial charge in [0.25, 0.3) is 5.69 Å². The van der Waals surface area contributed by atoms with Crippen LogP contribution in [0.1, 0.15) is 27.2 Å². The highest BCUT2D eigenvalue weighted by Gasteiger charge is 2.62. The molecule has 1 N–H and O–H groups in total. The summed E-state index contributed by atoms with van der Waals surface area (Å²) < 4.78 is 35.6. The first-order valence-corrected chi connectivity index (χ1v) is 10.2. The van der Waals surface area contributed by atoms with Crippen LogP contribution in [-0.4, -0.2) is 67.3 Å². The number of non-ortho nitro benzene ring substituents is 1. The van der Waals surface area contributed by atoms with Crippen LogP contribution in [-0.2, 0) is 28.5 Å². The van der Waals surface area contributed by atoms with Crippen LogP contribution in [0.4, 0.5) is 5.69 Å². The Bertz CT molecular complexity index is 921. The highest BCUT2D eigenvalue weighted by Crippen LogP contribution is 2.44. The predicted molar refractivity (Wildman–Crippen MR) is 111 cm³/mol. The van der Waals surface area contributed by atoms with E-state index in [1.807, 2.05) is 0 Å². The van der Waals surface area contributed by atoms with Crippen LogP contribution >= 0.6 is 0 Å². The summed E-state index contributed by atoms with van der Waals surface area (Å²) in [4.78, 5) is 22.4. The smallest absolute Gasteiger partial charge is 0.269 e. The van der Waals surface area contributed by atoms with E-state index in [9.17, 15) is 20.2 Å². The molecule has 3 rings (SSSR count). The molecule has 33 heavy (non-hydrogen) atoms. The summed E-state index contributed by atoms with van der Waals surface area (Å²) in [7, 11) is 2.88. The quantitative estimate of drug-likeness (QED) is 0.464. The number of carbonyl (C=O) groups is 1. The average molecular weight is 465 g/mol. The SMILES string of the molecule is CO[C@@]1(C)O[C@@H]2[C@@H](NC(C)=O)[C@H](Oc3ccc([N+](=O)[O-])cc3)O[C@H](CC#N)[C@H]2O[C@]1(C)OC. The van der Waals surface area contributed by atoms with E-state index in [2.05, 4.69) is 11.4 Å². The maximum absolute atomic E-state index is 12.0. The summed E-state index contributed by atoms with van der Waals surface area (Å²) in [5.74, 6) is -2.82. The van der Waals surface area contributed by atoms with Crippen molar-refractivity contribution in [2.75, 3.05) is 14.2 Å². The largest absolute Gasteiger partial charge is 0.463 e. The Morgan fingerprint density at radius 1 is 1.18 bits per heavy atom. The van der Waals surface area contributed by atoms with Gasteiger partial charge in [-0.05, 0) is 26.0 Å². The Labute approximate surface area is 190 Å². The van der Waals surface area contributed by atoms with Crippen molar-refractivity contribution in [3.8, 4) is 11.8 Å². The average Bonchev–Trinajstić information content (AvgIpc) is 2.77. The van der Waals surface area contributed by atoms with E-state index >= 15 is 0 Å². The van der Waals surface area contributed by atoms with E-state index in [-0.39, 0.29) is 23.8 Å². The number of hydrogen-bond donors (Lipinski definition) is 1. The minimum atomic E-state index is -1.37. The Balaban J connectivity index is 1.97. The summed E-state index contributed by atoms with van der Waals surface area (Å²) >= 11 is 0. The van der Waals surface area contributed by atoms with Crippen molar-refractivity contribution in [2.24, 2.45) is 0 Å². The van der Waals surface area contributed by atoms with Crippen LogP contribution in [0.25, 0.3) is 0 Å². The normalized spacial score (nSPS) is 35.7. The number of methoxy groups -OCH3 is 2. The van der Waals surface area contributed by atoms with E-state index in [0.717, 1.165) is 0 Å². The van der Waals surface area contributed by atoms with Crippen LogP contribution in [0, 0.1) is 21.4 Å². The lowest BCUT2D eigenvalue weighted by atomic mass is 9.91. The van der Waals surface area contributed by atoms with Crippen LogP contribution in [0.3, 0.4) is 0 Å². The number of ether oxygens (including phenoxy) is 6. The molecular formula is C21H27N3O9. The van der Waals surface area contributed by atoms with Crippen molar-refractivity contribution in [3.63, 3.8) is 0 Å². The summed E-state index contributed by atoms with van der Waals surface area (Å²) in [5, 5.41) is 23.1. The van der Waals surface area contributed by atoms with Gasteiger partial charge in [0.1, 0.15) is 30.1 Å². The molecule has 2 heterocycles. The van der Waals surface area contributed by atoms with E-state index in [1.54, 1.807) is 13.8 Å². The predicted octanol–water partition coefficient (Wildman–Crippen LogP) is 1.63. The summed E-state index contributed by atoms with van der Waals surface area (Å²) in [6.07, 6.45) is -3.57. The molecule has 12 nitrogen and oxygen atoms in total. The number of amides is 1. The van der Waals surface area contributed by atoms with Gasteiger partial charge in [-0.1, -0.05) is 0 Å². The second-order valence-electron chi connectivity index (χ2n) is 7.96. The van der Waals surface area contributed by atoms with Gasteiger partial charge in [0.05, 0.1) is 17.4 Å². The van der Waals surface area contributed by atoms with Crippen molar-refractivity contribution < 1.29 is 38.1 Å². The zero-order valence-electron chi connectivity index (χ0n) is 19.0. The lowest BCUT2D eigenvalue weighted by Crippen LogP contribution is -2.75. The van der Waals surface area contributed by atoms with E-state index < -0.39 is 47.1 Å². The second kappa shape index (κ2) is 9.58. The number of nitrogens with zero attached hydrogens (tertiary/aromatic N) is 2. The molecule has 2 aliphatic heterocycles. The molecule has 2 saturated heterocycles. The van der Waals surface area contributed by atoms with Gasteiger partial charge in [-0.15, -0.1) is 0 Å². The van der Waals surface area contributed by atoms with Crippen LogP contribution in [0.2, 0.25) is 0 Å². The van der Waals surface area contributed by atoms with Gasteiger partial charge in [-0.2, -0.15) is 5.26 Å². The molecule has 1 aromatic carbocycles. The van der Waals surface area contributed by atoms with Crippen molar-refractivity contribution in [3.05, 3.63) is 34.4 Å². The van der Waals surface area contributed by atoms with Crippen LogP contribution < -0.4 is 10.1 Å². The summed E-state index contributed by atoms with van der Waals surface area (Å²) in [5.41, 5.74) is -0.105. The summed E-state index contributed by atoms with van der Waals surface area (Å²) in [6.45, 7) is 4.61. The van der Waals surface area contributed by atoms with Gasteiger partial charge in [0.15, 0.2) is 0 Å². The molecule has 1 aromatic rings. The third-order valence-electron chi connectivity index (χ3n) is 5.93. The number of fused-ring (bicyclic) bond motifs is 1. The molecule has 0 aliphatic carbocycles. The molecular weight excluding hydrogens is 438 g/mol. The standard InChI is InChI=1S/C21H27N3O9/c1-12(25)23-16-18-17(32-20(2,28-4)21(3,29-5)33-18)15(10-11-22)31-19(16)30-14-8-6-13(7-9-14)24(26)27/h6-9,15-19H,10H2,1-5H3,(H,23,25)/t15-,16-,17-,18-,19-,20+,21+/m1/s1. The van der Waals surface area contributed by atoms with Gasteiger partial charge < -0.3 is 33.7 Å². The molecule has 0 aromatic heterocycles. The minimum absolute atomic E-state index is 0.0546. The molecule has 0 spiro atoms. The van der Waals surface area contributed by atoms with Crippen molar-refractivity contribution >= 4 is 11.6 Å². The number of nitro benzene ring substituents is 1. The van der Waals surface area contributed by atoms with Crippen molar-refractivity contribution in [1.29, 1.82) is 5.26 Å². The molecule has 0 radical (unpaired) electrons. The number of carbonyl (C=O) groups excluding carboxylic acids is 1. The molecule has 0 unspecified atom stereocenters. The lowest BCUT2D eigenvalue weighted by Gasteiger charge is -2.57. The fourth-order valence-corrected chi connectivity index (χ4v) is 3.91. The third-order valence-corrected chi connectivity index (χ3v) is 5.93. The number of benzene rings is 1. The molecule has 0 saturated carbocycles. The Kier molecular flexibility index (Phi) is 7.20. The molecule has 2 fully saturated rings. The third kappa shape index (κ3) is 4.78. The zero-order valence-corrected chi connectivity index (χ0v) is 19.0. The molecule has 2 aliphatic rings. The number of nitriles is 1. The van der Waals surface area contributed by atoms with Crippen LogP contribution in [0.15, 0.2) is 24.3 Å². The summed E-state index contributed by atoms with van der Waals surface area (Å²) in [6, 6.07) is 6.59. The highest BCUT2D eigenvalue weighted by molar-refractivity contribution is 5.73. The maximum atomic E-state index is 12.0. The molecule has 1 amide bonds. The van der Waals surface area contributed by atoms with Crippen molar-refractivity contribution in [2.45, 2.75) is 69.4 Å². The van der Waals surface area contributed by atoms with E-state index in [0.29, 0.717) is 0 Å².